The van der Waals surface area contributed by atoms with Crippen molar-refractivity contribution < 1.29 is 0 Å². The quantitative estimate of drug-likeness (QED) is 0.616. The molecule has 0 fully saturated rings. The lowest BCUT2D eigenvalue weighted by Crippen LogP contribution is -2.19. The van der Waals surface area contributed by atoms with E-state index in [4.69, 9.17) is 0 Å². The zero-order chi connectivity index (χ0) is 13.9. The average molecular weight is 279 g/mol. The standard InChI is InChI=1S/C17H29NS/c1-4-8-16-9-11-17(12-10-16)15(2)18-13-6-5-7-14-19-3/h9-12,15,18H,4-8,13-14H2,1-3H3. The second kappa shape index (κ2) is 10.3. The molecule has 2 heteroatoms. The first-order chi connectivity index (χ1) is 9.27. The van der Waals surface area contributed by atoms with Crippen molar-refractivity contribution in [2.75, 3.05) is 18.6 Å². The van der Waals surface area contributed by atoms with Gasteiger partial charge in [0.2, 0.25) is 0 Å². The summed E-state index contributed by atoms with van der Waals surface area (Å²) in [6.45, 7) is 5.62. The predicted molar refractivity (Wildman–Crippen MR) is 89.1 cm³/mol. The summed E-state index contributed by atoms with van der Waals surface area (Å²) in [6.07, 6.45) is 8.58. The zero-order valence-corrected chi connectivity index (χ0v) is 13.6. The third-order valence-electron chi connectivity index (χ3n) is 3.49. The van der Waals surface area contributed by atoms with E-state index in [2.05, 4.69) is 49.7 Å². The van der Waals surface area contributed by atoms with Gasteiger partial charge in [0.25, 0.3) is 0 Å². The molecule has 1 unspecified atom stereocenters. The first-order valence-corrected chi connectivity index (χ1v) is 8.98. The Morgan fingerprint density at radius 2 is 1.84 bits per heavy atom. The molecule has 1 nitrogen and oxygen atoms in total. The topological polar surface area (TPSA) is 12.0 Å². The first-order valence-electron chi connectivity index (χ1n) is 7.59. The van der Waals surface area contributed by atoms with Crippen LogP contribution >= 0.6 is 11.8 Å². The van der Waals surface area contributed by atoms with Crippen LogP contribution < -0.4 is 5.32 Å². The fourth-order valence-electron chi connectivity index (χ4n) is 2.25. The molecule has 1 aromatic rings. The number of thioether (sulfide) groups is 1. The van der Waals surface area contributed by atoms with Crippen molar-refractivity contribution in [2.45, 2.75) is 52.0 Å². The van der Waals surface area contributed by atoms with Crippen LogP contribution in [0.5, 0.6) is 0 Å². The molecule has 0 aliphatic rings. The highest BCUT2D eigenvalue weighted by Crippen LogP contribution is 2.14. The average Bonchev–Trinajstić information content (AvgIpc) is 2.43. The van der Waals surface area contributed by atoms with E-state index >= 15 is 0 Å². The van der Waals surface area contributed by atoms with Crippen LogP contribution in [0.4, 0.5) is 0 Å². The number of aryl methyl sites for hydroxylation is 1. The van der Waals surface area contributed by atoms with E-state index in [1.54, 1.807) is 0 Å². The third kappa shape index (κ3) is 7.03. The van der Waals surface area contributed by atoms with Gasteiger partial charge in [-0.25, -0.2) is 0 Å². The van der Waals surface area contributed by atoms with Gasteiger partial charge < -0.3 is 5.32 Å². The molecule has 0 aliphatic carbocycles. The Morgan fingerprint density at radius 1 is 1.11 bits per heavy atom. The van der Waals surface area contributed by atoms with E-state index < -0.39 is 0 Å². The van der Waals surface area contributed by atoms with Crippen molar-refractivity contribution in [1.29, 1.82) is 0 Å². The van der Waals surface area contributed by atoms with Gasteiger partial charge in [0.05, 0.1) is 0 Å². The molecule has 0 bridgehead atoms. The summed E-state index contributed by atoms with van der Waals surface area (Å²) in [4.78, 5) is 0. The molecule has 0 radical (unpaired) electrons. The van der Waals surface area contributed by atoms with E-state index in [-0.39, 0.29) is 0 Å². The van der Waals surface area contributed by atoms with Gasteiger partial charge >= 0.3 is 0 Å². The summed E-state index contributed by atoms with van der Waals surface area (Å²) in [5.74, 6) is 1.30. The molecule has 1 rings (SSSR count). The zero-order valence-electron chi connectivity index (χ0n) is 12.7. The monoisotopic (exact) mass is 279 g/mol. The smallest absolute Gasteiger partial charge is 0.0291 e. The van der Waals surface area contributed by atoms with Gasteiger partial charge in [0.1, 0.15) is 0 Å². The number of nitrogens with one attached hydrogen (secondary N) is 1. The molecular weight excluding hydrogens is 250 g/mol. The maximum absolute atomic E-state index is 3.62. The molecule has 0 spiro atoms. The van der Waals surface area contributed by atoms with Crippen molar-refractivity contribution in [3.8, 4) is 0 Å². The first kappa shape index (κ1) is 16.6. The Labute approximate surface area is 123 Å². The van der Waals surface area contributed by atoms with Crippen molar-refractivity contribution in [3.63, 3.8) is 0 Å². The molecule has 19 heavy (non-hydrogen) atoms. The summed E-state index contributed by atoms with van der Waals surface area (Å²) >= 11 is 1.95. The van der Waals surface area contributed by atoms with Crippen LogP contribution in [-0.2, 0) is 6.42 Å². The molecule has 0 saturated carbocycles. The number of hydrogen-bond acceptors (Lipinski definition) is 2. The van der Waals surface area contributed by atoms with Gasteiger partial charge in [-0.1, -0.05) is 44.0 Å². The minimum atomic E-state index is 0.469. The fourth-order valence-corrected chi connectivity index (χ4v) is 2.74. The molecular formula is C17H29NS. The summed E-state index contributed by atoms with van der Waals surface area (Å²) in [6, 6.07) is 9.56. The van der Waals surface area contributed by atoms with Gasteiger partial charge in [-0.3, -0.25) is 0 Å². The SMILES string of the molecule is CCCc1ccc(C(C)NCCCCCSC)cc1. The Bertz CT molecular complexity index is 321. The predicted octanol–water partition coefficient (Wildman–Crippen LogP) is 4.82. The summed E-state index contributed by atoms with van der Waals surface area (Å²) < 4.78 is 0. The van der Waals surface area contributed by atoms with Crippen LogP contribution in [0.1, 0.15) is 56.7 Å². The number of unbranched alkanes of at least 4 members (excludes halogenated alkanes) is 2. The normalized spacial score (nSPS) is 12.6. The fraction of sp³-hybridized carbons (Fsp3) is 0.647. The minimum Gasteiger partial charge on any atom is -0.310 e. The highest BCUT2D eigenvalue weighted by Gasteiger charge is 2.03. The van der Waals surface area contributed by atoms with E-state index in [1.165, 1.54) is 49.0 Å². The van der Waals surface area contributed by atoms with Crippen LogP contribution in [0.25, 0.3) is 0 Å². The second-order valence-corrected chi connectivity index (χ2v) is 6.21. The lowest BCUT2D eigenvalue weighted by Gasteiger charge is -2.14. The van der Waals surface area contributed by atoms with Crippen LogP contribution in [0.3, 0.4) is 0 Å². The lowest BCUT2D eigenvalue weighted by atomic mass is 10.0. The van der Waals surface area contributed by atoms with Gasteiger partial charge in [-0.2, -0.15) is 11.8 Å². The van der Waals surface area contributed by atoms with Crippen LogP contribution in [0.2, 0.25) is 0 Å². The van der Waals surface area contributed by atoms with Gasteiger partial charge in [0, 0.05) is 6.04 Å². The summed E-state index contributed by atoms with van der Waals surface area (Å²) in [5, 5.41) is 3.62. The molecule has 0 saturated heterocycles. The molecule has 1 atom stereocenters. The maximum Gasteiger partial charge on any atom is 0.0291 e. The van der Waals surface area contributed by atoms with E-state index in [1.807, 2.05) is 11.8 Å². The van der Waals surface area contributed by atoms with Crippen LogP contribution in [-0.4, -0.2) is 18.6 Å². The Morgan fingerprint density at radius 3 is 2.47 bits per heavy atom. The molecule has 1 aromatic carbocycles. The van der Waals surface area contributed by atoms with Crippen molar-refractivity contribution in [2.24, 2.45) is 0 Å². The third-order valence-corrected chi connectivity index (χ3v) is 4.19. The van der Waals surface area contributed by atoms with Crippen molar-refractivity contribution >= 4 is 11.8 Å². The second-order valence-electron chi connectivity index (χ2n) is 5.22. The van der Waals surface area contributed by atoms with E-state index in [0.717, 1.165) is 6.54 Å². The molecule has 0 amide bonds. The van der Waals surface area contributed by atoms with Gasteiger partial charge in [-0.15, -0.1) is 0 Å². The van der Waals surface area contributed by atoms with Crippen molar-refractivity contribution in [1.82, 2.24) is 5.32 Å². The molecule has 0 heterocycles. The van der Waals surface area contributed by atoms with E-state index in [0.29, 0.717) is 6.04 Å². The van der Waals surface area contributed by atoms with Crippen LogP contribution in [0, 0.1) is 0 Å². The highest BCUT2D eigenvalue weighted by atomic mass is 32.2. The number of hydrogen-bond donors (Lipinski definition) is 1. The van der Waals surface area contributed by atoms with Gasteiger partial charge in [0.15, 0.2) is 0 Å². The van der Waals surface area contributed by atoms with Gasteiger partial charge in [-0.05, 0) is 55.9 Å². The minimum absolute atomic E-state index is 0.469. The summed E-state index contributed by atoms with van der Waals surface area (Å²) in [7, 11) is 0. The molecule has 0 aliphatic heterocycles. The Balaban J connectivity index is 2.23. The Hall–Kier alpha value is -0.470. The van der Waals surface area contributed by atoms with E-state index in [9.17, 15) is 0 Å². The maximum atomic E-state index is 3.62. The van der Waals surface area contributed by atoms with Crippen LogP contribution in [0.15, 0.2) is 24.3 Å². The Kier molecular flexibility index (Phi) is 9.02. The largest absolute Gasteiger partial charge is 0.310 e. The highest BCUT2D eigenvalue weighted by molar-refractivity contribution is 7.98. The number of rotatable bonds is 10. The lowest BCUT2D eigenvalue weighted by molar-refractivity contribution is 0.544. The molecule has 0 aromatic heterocycles. The van der Waals surface area contributed by atoms with Crippen molar-refractivity contribution in [3.05, 3.63) is 35.4 Å². The molecule has 1 N–H and O–H groups in total. The summed E-state index contributed by atoms with van der Waals surface area (Å²) in [5.41, 5.74) is 2.86. The number of benzene rings is 1. The molecule has 108 valence electrons.